The summed E-state index contributed by atoms with van der Waals surface area (Å²) >= 11 is 1.63. The van der Waals surface area contributed by atoms with E-state index in [1.54, 1.807) is 11.3 Å². The molecule has 2 aromatic rings. The third kappa shape index (κ3) is 2.75. The van der Waals surface area contributed by atoms with Crippen LogP contribution in [-0.2, 0) is 6.42 Å². The van der Waals surface area contributed by atoms with Gasteiger partial charge in [-0.05, 0) is 24.1 Å². The number of aryl methyl sites for hydroxylation is 1. The fourth-order valence-corrected chi connectivity index (χ4v) is 2.76. The van der Waals surface area contributed by atoms with Crippen molar-refractivity contribution in [2.75, 3.05) is 0 Å². The number of rotatable bonds is 4. The van der Waals surface area contributed by atoms with Gasteiger partial charge in [-0.1, -0.05) is 37.3 Å². The van der Waals surface area contributed by atoms with Crippen LogP contribution in [0.4, 0.5) is 0 Å². The Morgan fingerprint density at radius 1 is 1.18 bits per heavy atom. The van der Waals surface area contributed by atoms with E-state index in [0.717, 1.165) is 16.9 Å². The van der Waals surface area contributed by atoms with Gasteiger partial charge >= 0.3 is 0 Å². The van der Waals surface area contributed by atoms with Gasteiger partial charge in [0.1, 0.15) is 6.10 Å². The molecule has 0 saturated carbocycles. The minimum atomic E-state index is -0.623. The molecule has 3 N–H and O–H groups in total. The first-order valence-electron chi connectivity index (χ1n) is 5.79. The van der Waals surface area contributed by atoms with Gasteiger partial charge in [-0.2, -0.15) is 0 Å². The van der Waals surface area contributed by atoms with Crippen LogP contribution in [0.15, 0.2) is 42.5 Å². The van der Waals surface area contributed by atoms with E-state index < -0.39 is 6.10 Å². The molecule has 0 saturated heterocycles. The number of hydrogen-bond acceptors (Lipinski definition) is 3. The lowest BCUT2D eigenvalue weighted by Crippen LogP contribution is -2.18. The van der Waals surface area contributed by atoms with Crippen molar-refractivity contribution in [3.8, 4) is 0 Å². The quantitative estimate of drug-likeness (QED) is 0.872. The molecule has 0 radical (unpaired) electrons. The van der Waals surface area contributed by atoms with Crippen molar-refractivity contribution >= 4 is 11.3 Å². The Bertz CT molecular complexity index is 466. The molecule has 2 rings (SSSR count). The van der Waals surface area contributed by atoms with Gasteiger partial charge < -0.3 is 10.8 Å². The molecule has 2 nitrogen and oxygen atoms in total. The predicted octanol–water partition coefficient (Wildman–Crippen LogP) is 3.04. The van der Waals surface area contributed by atoms with Gasteiger partial charge in [0, 0.05) is 9.75 Å². The Morgan fingerprint density at radius 2 is 1.88 bits per heavy atom. The molecule has 1 aromatic carbocycles. The third-order valence-corrected chi connectivity index (χ3v) is 4.15. The standard InChI is InChI=1S/C14H17NOS/c1-2-11-8-9-12(17-11)14(16)13(15)10-6-4-3-5-7-10/h3-9,13-14,16H,2,15H2,1H3. The summed E-state index contributed by atoms with van der Waals surface area (Å²) in [6.07, 6.45) is 0.375. The maximum Gasteiger partial charge on any atom is 0.107 e. The summed E-state index contributed by atoms with van der Waals surface area (Å²) < 4.78 is 0. The summed E-state index contributed by atoms with van der Waals surface area (Å²) in [4.78, 5) is 2.22. The maximum absolute atomic E-state index is 10.2. The zero-order valence-electron chi connectivity index (χ0n) is 9.84. The fraction of sp³-hybridized carbons (Fsp3) is 0.286. The first-order valence-corrected chi connectivity index (χ1v) is 6.61. The molecule has 0 aliphatic rings. The number of thiophene rings is 1. The highest BCUT2D eigenvalue weighted by molar-refractivity contribution is 7.12. The molecule has 17 heavy (non-hydrogen) atoms. The summed E-state index contributed by atoms with van der Waals surface area (Å²) in [6.45, 7) is 2.11. The largest absolute Gasteiger partial charge is 0.386 e. The van der Waals surface area contributed by atoms with E-state index in [0.29, 0.717) is 0 Å². The first kappa shape index (κ1) is 12.3. The first-order chi connectivity index (χ1) is 8.22. The lowest BCUT2D eigenvalue weighted by Gasteiger charge is -2.17. The molecule has 1 heterocycles. The summed E-state index contributed by atoms with van der Waals surface area (Å²) in [5, 5.41) is 10.2. The van der Waals surface area contributed by atoms with Crippen molar-refractivity contribution in [3.05, 3.63) is 57.8 Å². The average Bonchev–Trinajstić information content (AvgIpc) is 2.87. The molecule has 0 amide bonds. The highest BCUT2D eigenvalue weighted by atomic mass is 32.1. The molecular weight excluding hydrogens is 230 g/mol. The number of benzene rings is 1. The topological polar surface area (TPSA) is 46.2 Å². The second-order valence-electron chi connectivity index (χ2n) is 4.04. The Hall–Kier alpha value is -1.16. The van der Waals surface area contributed by atoms with Crippen molar-refractivity contribution in [2.24, 2.45) is 5.73 Å². The molecule has 0 aliphatic heterocycles. The van der Waals surface area contributed by atoms with E-state index in [-0.39, 0.29) is 6.04 Å². The van der Waals surface area contributed by atoms with Crippen molar-refractivity contribution < 1.29 is 5.11 Å². The van der Waals surface area contributed by atoms with Crippen LogP contribution in [-0.4, -0.2) is 5.11 Å². The SMILES string of the molecule is CCc1ccc(C(O)C(N)c2ccccc2)s1. The maximum atomic E-state index is 10.2. The monoisotopic (exact) mass is 247 g/mol. The van der Waals surface area contributed by atoms with Gasteiger partial charge in [0.05, 0.1) is 6.04 Å². The minimum absolute atomic E-state index is 0.362. The van der Waals surface area contributed by atoms with Crippen LogP contribution in [0.3, 0.4) is 0 Å². The molecule has 0 fully saturated rings. The fourth-order valence-electron chi connectivity index (χ4n) is 1.78. The van der Waals surface area contributed by atoms with E-state index in [1.165, 1.54) is 4.88 Å². The molecule has 0 aliphatic carbocycles. The van der Waals surface area contributed by atoms with Gasteiger partial charge in [0.2, 0.25) is 0 Å². The zero-order chi connectivity index (χ0) is 12.3. The zero-order valence-corrected chi connectivity index (χ0v) is 10.7. The van der Waals surface area contributed by atoms with Crippen LogP contribution in [0.2, 0.25) is 0 Å². The van der Waals surface area contributed by atoms with E-state index in [1.807, 2.05) is 36.4 Å². The van der Waals surface area contributed by atoms with Crippen LogP contribution >= 0.6 is 11.3 Å². The number of nitrogens with two attached hydrogens (primary N) is 1. The smallest absolute Gasteiger partial charge is 0.107 e. The second kappa shape index (κ2) is 5.45. The minimum Gasteiger partial charge on any atom is -0.386 e. The predicted molar refractivity (Wildman–Crippen MR) is 72.0 cm³/mol. The van der Waals surface area contributed by atoms with E-state index in [2.05, 4.69) is 13.0 Å². The van der Waals surface area contributed by atoms with E-state index in [4.69, 9.17) is 5.73 Å². The Balaban J connectivity index is 2.17. The van der Waals surface area contributed by atoms with E-state index in [9.17, 15) is 5.11 Å². The summed E-state index contributed by atoms with van der Waals surface area (Å²) in [6, 6.07) is 13.4. The molecule has 1 aromatic heterocycles. The molecule has 0 spiro atoms. The molecule has 2 unspecified atom stereocenters. The molecule has 90 valence electrons. The third-order valence-electron chi connectivity index (χ3n) is 2.85. The van der Waals surface area contributed by atoms with Crippen molar-refractivity contribution in [2.45, 2.75) is 25.5 Å². The molecule has 3 heteroatoms. The summed E-state index contributed by atoms with van der Waals surface area (Å²) in [5.74, 6) is 0. The van der Waals surface area contributed by atoms with Crippen LogP contribution in [0.5, 0.6) is 0 Å². The Labute approximate surface area is 106 Å². The van der Waals surface area contributed by atoms with Crippen LogP contribution in [0.1, 0.15) is 34.4 Å². The van der Waals surface area contributed by atoms with Gasteiger partial charge in [-0.3, -0.25) is 0 Å². The highest BCUT2D eigenvalue weighted by Gasteiger charge is 2.19. The molecular formula is C14H17NOS. The van der Waals surface area contributed by atoms with Gasteiger partial charge in [0.25, 0.3) is 0 Å². The van der Waals surface area contributed by atoms with Crippen LogP contribution < -0.4 is 5.73 Å². The normalized spacial score (nSPS) is 14.5. The Morgan fingerprint density at radius 3 is 2.47 bits per heavy atom. The molecule has 0 bridgehead atoms. The Kier molecular flexibility index (Phi) is 3.94. The van der Waals surface area contributed by atoms with Crippen molar-refractivity contribution in [1.82, 2.24) is 0 Å². The summed E-state index contributed by atoms with van der Waals surface area (Å²) in [5.41, 5.74) is 7.04. The van der Waals surface area contributed by atoms with Crippen LogP contribution in [0.25, 0.3) is 0 Å². The van der Waals surface area contributed by atoms with E-state index >= 15 is 0 Å². The number of hydrogen-bond donors (Lipinski definition) is 2. The van der Waals surface area contributed by atoms with Gasteiger partial charge in [-0.15, -0.1) is 11.3 Å². The number of aliphatic hydroxyl groups excluding tert-OH is 1. The van der Waals surface area contributed by atoms with Gasteiger partial charge in [-0.25, -0.2) is 0 Å². The number of aliphatic hydroxyl groups is 1. The lowest BCUT2D eigenvalue weighted by molar-refractivity contribution is 0.150. The molecule has 2 atom stereocenters. The summed E-state index contributed by atoms with van der Waals surface area (Å²) in [7, 11) is 0. The second-order valence-corrected chi connectivity index (χ2v) is 5.24. The van der Waals surface area contributed by atoms with Crippen LogP contribution in [0, 0.1) is 0 Å². The van der Waals surface area contributed by atoms with Gasteiger partial charge in [0.15, 0.2) is 0 Å². The highest BCUT2D eigenvalue weighted by Crippen LogP contribution is 2.31. The lowest BCUT2D eigenvalue weighted by atomic mass is 10.0. The van der Waals surface area contributed by atoms with Crippen molar-refractivity contribution in [1.29, 1.82) is 0 Å². The van der Waals surface area contributed by atoms with Crippen molar-refractivity contribution in [3.63, 3.8) is 0 Å². The average molecular weight is 247 g/mol.